The standard InChI is InChI=1S/C37H66N2O12/c1-34(2)44-26-24(42-32-30(28(26)46-34)48-36(5,6)50-32)22(16-20-40)38-18-14-12-10-9-11-13-15-19-39-23(17-21-41)25-27-29(47-35(3,4)45-27)31-33(43-25)51-37(7,8)49-31/h22-33,38-41H,9-21H2,1-8H3/t22?,23?,24-,25?,26+,27+,28+,29+,30-,31-,32-,33-/m1/s1. The van der Waals surface area contributed by atoms with E-state index in [-0.39, 0.29) is 74.1 Å². The minimum atomic E-state index is -0.765. The van der Waals surface area contributed by atoms with E-state index in [4.69, 9.17) is 47.4 Å². The average Bonchev–Trinajstić information content (AvgIpc) is 3.74. The Labute approximate surface area is 304 Å². The Balaban J connectivity index is 0.883. The van der Waals surface area contributed by atoms with Gasteiger partial charge in [-0.25, -0.2) is 0 Å². The number of nitrogens with one attached hydrogen (secondary N) is 2. The summed E-state index contributed by atoms with van der Waals surface area (Å²) in [6.45, 7) is 16.9. The fraction of sp³-hybridized carbons (Fsp3) is 1.00. The summed E-state index contributed by atoms with van der Waals surface area (Å²) in [5.74, 6) is -3.04. The maximum atomic E-state index is 9.90. The predicted octanol–water partition coefficient (Wildman–Crippen LogP) is 3.19. The molecule has 14 nitrogen and oxygen atoms in total. The molecule has 6 fully saturated rings. The molecule has 0 aromatic carbocycles. The first-order valence-electron chi connectivity index (χ1n) is 19.5. The van der Waals surface area contributed by atoms with Crippen LogP contribution in [0.4, 0.5) is 0 Å². The maximum absolute atomic E-state index is 9.90. The third-order valence-electron chi connectivity index (χ3n) is 10.7. The Morgan fingerprint density at radius 3 is 1.12 bits per heavy atom. The first-order chi connectivity index (χ1) is 24.1. The molecule has 296 valence electrons. The Morgan fingerprint density at radius 1 is 0.431 bits per heavy atom. The summed E-state index contributed by atoms with van der Waals surface area (Å²) in [5, 5.41) is 27.1. The van der Waals surface area contributed by atoms with Gasteiger partial charge < -0.3 is 68.2 Å². The van der Waals surface area contributed by atoms with Crippen LogP contribution in [0.5, 0.6) is 0 Å². The number of aliphatic hydroxyl groups is 2. The molecule has 6 rings (SSSR count). The Hall–Kier alpha value is -0.560. The van der Waals surface area contributed by atoms with Crippen LogP contribution in [0.3, 0.4) is 0 Å². The fourth-order valence-electron chi connectivity index (χ4n) is 8.68. The number of aliphatic hydroxyl groups excluding tert-OH is 2. The molecule has 4 N–H and O–H groups in total. The summed E-state index contributed by atoms with van der Waals surface area (Å²) >= 11 is 0. The highest BCUT2D eigenvalue weighted by molar-refractivity contribution is 5.04. The number of ether oxygens (including phenoxy) is 10. The molecule has 0 spiro atoms. The molecule has 0 amide bonds. The lowest BCUT2D eigenvalue weighted by molar-refractivity contribution is -0.240. The summed E-state index contributed by atoms with van der Waals surface area (Å²) in [6.07, 6.45) is 5.17. The van der Waals surface area contributed by atoms with Crippen molar-refractivity contribution in [3.8, 4) is 0 Å². The number of fused-ring (bicyclic) bond motifs is 6. The van der Waals surface area contributed by atoms with Gasteiger partial charge in [-0.15, -0.1) is 0 Å². The van der Waals surface area contributed by atoms with Crippen LogP contribution >= 0.6 is 0 Å². The van der Waals surface area contributed by atoms with E-state index in [1.165, 1.54) is 19.3 Å². The monoisotopic (exact) mass is 730 g/mol. The average molecular weight is 731 g/mol. The van der Waals surface area contributed by atoms with Crippen molar-refractivity contribution in [2.24, 2.45) is 0 Å². The van der Waals surface area contributed by atoms with E-state index in [1.54, 1.807) is 0 Å². The molecule has 12 atom stereocenters. The normalized spacial score (nSPS) is 39.6. The molecule has 3 unspecified atom stereocenters. The lowest BCUT2D eigenvalue weighted by Crippen LogP contribution is -2.61. The zero-order chi connectivity index (χ0) is 36.6. The lowest BCUT2D eigenvalue weighted by atomic mass is 9.92. The van der Waals surface area contributed by atoms with E-state index in [2.05, 4.69) is 10.6 Å². The van der Waals surface area contributed by atoms with Gasteiger partial charge in [0.2, 0.25) is 0 Å². The fourth-order valence-corrected chi connectivity index (χ4v) is 8.68. The van der Waals surface area contributed by atoms with E-state index >= 15 is 0 Å². The number of rotatable bonds is 18. The van der Waals surface area contributed by atoms with E-state index < -0.39 is 35.7 Å². The second kappa shape index (κ2) is 16.3. The van der Waals surface area contributed by atoms with Crippen molar-refractivity contribution >= 4 is 0 Å². The quantitative estimate of drug-likeness (QED) is 0.153. The van der Waals surface area contributed by atoms with Crippen LogP contribution in [-0.4, -0.2) is 133 Å². The van der Waals surface area contributed by atoms with Gasteiger partial charge in [-0.2, -0.15) is 0 Å². The molecule has 0 aromatic heterocycles. The second-order valence-corrected chi connectivity index (χ2v) is 16.9. The van der Waals surface area contributed by atoms with Gasteiger partial charge in [0, 0.05) is 25.3 Å². The van der Waals surface area contributed by atoms with E-state index in [1.807, 2.05) is 55.4 Å². The van der Waals surface area contributed by atoms with Crippen LogP contribution in [0.15, 0.2) is 0 Å². The van der Waals surface area contributed by atoms with Gasteiger partial charge in [0.1, 0.15) is 48.8 Å². The van der Waals surface area contributed by atoms with Crippen molar-refractivity contribution in [1.82, 2.24) is 10.6 Å². The SMILES string of the molecule is CC1(C)O[C@H]2[C@@H](O1)[C@@H](C(CCO)NCCCCCCCCCNC(CCO)C1O[C@@H]3OC(C)(C)O[C@@H]3[C@H]3OC(C)(C)O[C@@H]13)O[C@@H]1OC(C)(C)O[C@@H]12. The van der Waals surface area contributed by atoms with Crippen molar-refractivity contribution in [3.63, 3.8) is 0 Å². The first kappa shape index (κ1) is 40.1. The van der Waals surface area contributed by atoms with Crippen LogP contribution < -0.4 is 10.6 Å². The van der Waals surface area contributed by atoms with Crippen LogP contribution in [0, 0.1) is 0 Å². The van der Waals surface area contributed by atoms with Crippen LogP contribution in [0.1, 0.15) is 113 Å². The number of hydrogen-bond donors (Lipinski definition) is 4. The molecule has 6 heterocycles. The predicted molar refractivity (Wildman–Crippen MR) is 184 cm³/mol. The minimum absolute atomic E-state index is 0.0452. The molecule has 0 aromatic rings. The molecule has 0 saturated carbocycles. The molecular formula is C37H66N2O12. The molecule has 0 bridgehead atoms. The summed E-state index contributed by atoms with van der Waals surface area (Å²) in [4.78, 5) is 0. The van der Waals surface area contributed by atoms with E-state index in [9.17, 15) is 10.2 Å². The van der Waals surface area contributed by atoms with Crippen LogP contribution in [0.2, 0.25) is 0 Å². The van der Waals surface area contributed by atoms with Crippen LogP contribution in [0.25, 0.3) is 0 Å². The summed E-state index contributed by atoms with van der Waals surface area (Å²) < 4.78 is 62.5. The van der Waals surface area contributed by atoms with Gasteiger partial charge in [-0.05, 0) is 94.2 Å². The molecule has 14 heteroatoms. The third kappa shape index (κ3) is 9.64. The highest BCUT2D eigenvalue weighted by Gasteiger charge is 2.63. The zero-order valence-electron chi connectivity index (χ0n) is 32.1. The van der Waals surface area contributed by atoms with Crippen molar-refractivity contribution in [2.75, 3.05) is 26.3 Å². The molecule has 51 heavy (non-hydrogen) atoms. The third-order valence-corrected chi connectivity index (χ3v) is 10.7. The van der Waals surface area contributed by atoms with Crippen molar-refractivity contribution < 1.29 is 57.6 Å². The van der Waals surface area contributed by atoms with E-state index in [0.717, 1.165) is 38.8 Å². The van der Waals surface area contributed by atoms with Crippen LogP contribution in [-0.2, 0) is 47.4 Å². The molecule has 0 aliphatic carbocycles. The Morgan fingerprint density at radius 2 is 0.745 bits per heavy atom. The van der Waals surface area contributed by atoms with Gasteiger partial charge in [0.25, 0.3) is 0 Å². The van der Waals surface area contributed by atoms with Gasteiger partial charge in [-0.1, -0.05) is 32.1 Å². The molecule has 6 aliphatic heterocycles. The highest BCUT2D eigenvalue weighted by Crippen LogP contribution is 2.46. The molecular weight excluding hydrogens is 664 g/mol. The molecule has 0 radical (unpaired) electrons. The summed E-state index contributed by atoms with van der Waals surface area (Å²) in [7, 11) is 0. The van der Waals surface area contributed by atoms with Gasteiger partial charge in [0.05, 0.1) is 0 Å². The smallest absolute Gasteiger partial charge is 0.190 e. The van der Waals surface area contributed by atoms with Crippen molar-refractivity contribution in [3.05, 3.63) is 0 Å². The van der Waals surface area contributed by atoms with Gasteiger partial charge >= 0.3 is 0 Å². The first-order valence-corrected chi connectivity index (χ1v) is 19.5. The molecule has 6 aliphatic rings. The number of unbranched alkanes of at least 4 members (excludes halogenated alkanes) is 6. The number of hydrogen-bond acceptors (Lipinski definition) is 14. The maximum Gasteiger partial charge on any atom is 0.190 e. The van der Waals surface area contributed by atoms with E-state index in [0.29, 0.717) is 12.8 Å². The second-order valence-electron chi connectivity index (χ2n) is 16.9. The molecule has 6 saturated heterocycles. The topological polar surface area (TPSA) is 157 Å². The van der Waals surface area contributed by atoms with Crippen molar-refractivity contribution in [2.45, 2.75) is 210 Å². The Kier molecular flexibility index (Phi) is 12.8. The summed E-state index contributed by atoms with van der Waals surface area (Å²) in [6, 6.07) is -0.210. The highest BCUT2D eigenvalue weighted by atomic mass is 16.9. The summed E-state index contributed by atoms with van der Waals surface area (Å²) in [5.41, 5.74) is 0. The van der Waals surface area contributed by atoms with Crippen molar-refractivity contribution in [1.29, 1.82) is 0 Å². The lowest BCUT2D eigenvalue weighted by Gasteiger charge is -2.41. The Bertz CT molecular complexity index is 1040. The largest absolute Gasteiger partial charge is 0.396 e. The van der Waals surface area contributed by atoms with Gasteiger partial charge in [-0.3, -0.25) is 0 Å². The zero-order valence-corrected chi connectivity index (χ0v) is 32.1. The van der Waals surface area contributed by atoms with Gasteiger partial charge in [0.15, 0.2) is 35.7 Å². The minimum Gasteiger partial charge on any atom is -0.396 e.